The molecule has 0 atom stereocenters. The van der Waals surface area contributed by atoms with Gasteiger partial charge >= 0.3 is 0 Å². The highest BCUT2D eigenvalue weighted by molar-refractivity contribution is 7.99. The second-order valence-electron chi connectivity index (χ2n) is 5.80. The number of nitrogens with zero attached hydrogens (tertiary/aromatic N) is 3. The van der Waals surface area contributed by atoms with E-state index >= 15 is 0 Å². The fourth-order valence-electron chi connectivity index (χ4n) is 1.68. The summed E-state index contributed by atoms with van der Waals surface area (Å²) in [5, 5.41) is 0.567. The van der Waals surface area contributed by atoms with Gasteiger partial charge in [-0.15, -0.1) is 0 Å². The average Bonchev–Trinajstić information content (AvgIpc) is 2.53. The van der Waals surface area contributed by atoms with E-state index in [0.717, 1.165) is 10.5 Å². The van der Waals surface area contributed by atoms with Gasteiger partial charge in [0.2, 0.25) is 11.8 Å². The van der Waals surface area contributed by atoms with Crippen molar-refractivity contribution in [3.05, 3.63) is 35.9 Å². The number of aromatic nitrogens is 2. The molecule has 0 unspecified atom stereocenters. The first-order valence-electron chi connectivity index (χ1n) is 7.20. The van der Waals surface area contributed by atoms with Crippen molar-refractivity contribution in [3.8, 4) is 11.8 Å². The molecule has 5 nitrogen and oxygen atoms in total. The monoisotopic (exact) mass is 331 g/mol. The summed E-state index contributed by atoms with van der Waals surface area (Å²) >= 11 is 1.45. The van der Waals surface area contributed by atoms with E-state index in [2.05, 4.69) is 35.7 Å². The molecule has 0 aliphatic rings. The normalized spacial score (nSPS) is 11.7. The molecule has 0 spiro atoms. The number of rotatable bonds is 5. The molecule has 1 aromatic heterocycles. The SMILES string of the molecule is COc1cc(OC)nc(Sc2ccccc2C=NC(C)(C)C)n1. The molecule has 23 heavy (non-hydrogen) atoms. The first kappa shape index (κ1) is 17.3. The van der Waals surface area contributed by atoms with E-state index < -0.39 is 0 Å². The first-order chi connectivity index (χ1) is 10.9. The minimum atomic E-state index is -0.118. The van der Waals surface area contributed by atoms with Crippen molar-refractivity contribution in [1.29, 1.82) is 0 Å². The second kappa shape index (κ2) is 7.46. The van der Waals surface area contributed by atoms with Crippen LogP contribution in [0.3, 0.4) is 0 Å². The molecule has 0 saturated carbocycles. The summed E-state index contributed by atoms with van der Waals surface area (Å²) in [5.74, 6) is 0.945. The molecule has 0 aliphatic carbocycles. The van der Waals surface area contributed by atoms with Crippen molar-refractivity contribution in [2.45, 2.75) is 36.4 Å². The molecule has 2 aromatic rings. The molecular weight excluding hydrogens is 310 g/mol. The average molecular weight is 331 g/mol. The Labute approximate surface area is 141 Å². The number of hydrogen-bond donors (Lipinski definition) is 0. The molecule has 0 saturated heterocycles. The maximum absolute atomic E-state index is 5.19. The molecule has 122 valence electrons. The Bertz CT molecular complexity index is 674. The maximum atomic E-state index is 5.19. The number of benzene rings is 1. The van der Waals surface area contributed by atoms with Crippen LogP contribution in [0.4, 0.5) is 0 Å². The van der Waals surface area contributed by atoms with E-state index in [9.17, 15) is 0 Å². The van der Waals surface area contributed by atoms with E-state index in [1.54, 1.807) is 20.3 Å². The number of aliphatic imine (C=N–C) groups is 1. The van der Waals surface area contributed by atoms with Crippen molar-refractivity contribution in [1.82, 2.24) is 9.97 Å². The zero-order valence-corrected chi connectivity index (χ0v) is 14.8. The Kier molecular flexibility index (Phi) is 5.60. The molecule has 6 heteroatoms. The van der Waals surface area contributed by atoms with E-state index in [-0.39, 0.29) is 5.54 Å². The van der Waals surface area contributed by atoms with E-state index in [1.165, 1.54) is 11.8 Å². The van der Waals surface area contributed by atoms with Crippen LogP contribution in [0.5, 0.6) is 11.8 Å². The zero-order valence-electron chi connectivity index (χ0n) is 14.0. The third kappa shape index (κ3) is 5.25. The lowest BCUT2D eigenvalue weighted by molar-refractivity contribution is 0.364. The van der Waals surface area contributed by atoms with Crippen molar-refractivity contribution in [2.24, 2.45) is 4.99 Å². The van der Waals surface area contributed by atoms with E-state index in [0.29, 0.717) is 16.9 Å². The van der Waals surface area contributed by atoms with Crippen LogP contribution in [0.25, 0.3) is 0 Å². The van der Waals surface area contributed by atoms with Crippen LogP contribution in [0, 0.1) is 0 Å². The predicted octanol–water partition coefficient (Wildman–Crippen LogP) is 3.86. The Balaban J connectivity index is 2.32. The third-order valence-corrected chi connectivity index (χ3v) is 3.74. The van der Waals surface area contributed by atoms with Gasteiger partial charge in [-0.05, 0) is 38.6 Å². The quantitative estimate of drug-likeness (QED) is 0.615. The summed E-state index contributed by atoms with van der Waals surface area (Å²) in [6.07, 6.45) is 1.89. The van der Waals surface area contributed by atoms with Gasteiger partial charge in [0.15, 0.2) is 5.16 Å². The molecule has 0 aliphatic heterocycles. The predicted molar refractivity (Wildman–Crippen MR) is 93.0 cm³/mol. The summed E-state index contributed by atoms with van der Waals surface area (Å²) in [4.78, 5) is 14.3. The topological polar surface area (TPSA) is 56.6 Å². The van der Waals surface area contributed by atoms with Crippen molar-refractivity contribution < 1.29 is 9.47 Å². The Morgan fingerprint density at radius 1 is 1.04 bits per heavy atom. The van der Waals surface area contributed by atoms with E-state index in [4.69, 9.17) is 9.47 Å². The van der Waals surface area contributed by atoms with Gasteiger partial charge in [-0.3, -0.25) is 4.99 Å². The summed E-state index contributed by atoms with van der Waals surface area (Å²) in [5.41, 5.74) is 0.908. The molecular formula is C17H21N3O2S. The Morgan fingerprint density at radius 3 is 2.22 bits per heavy atom. The summed E-state index contributed by atoms with van der Waals surface area (Å²) < 4.78 is 10.4. The minimum Gasteiger partial charge on any atom is -0.481 e. The van der Waals surface area contributed by atoms with Crippen LogP contribution in [-0.4, -0.2) is 35.9 Å². The van der Waals surface area contributed by atoms with Crippen LogP contribution >= 0.6 is 11.8 Å². The minimum absolute atomic E-state index is 0.118. The van der Waals surface area contributed by atoms with Gasteiger partial charge < -0.3 is 9.47 Å². The highest BCUT2D eigenvalue weighted by atomic mass is 32.2. The lowest BCUT2D eigenvalue weighted by Crippen LogP contribution is -2.09. The molecule has 0 radical (unpaired) electrons. The zero-order chi connectivity index (χ0) is 16.9. The second-order valence-corrected chi connectivity index (χ2v) is 6.81. The van der Waals surface area contributed by atoms with Crippen molar-refractivity contribution >= 4 is 18.0 Å². The van der Waals surface area contributed by atoms with Crippen LogP contribution in [-0.2, 0) is 0 Å². The van der Waals surface area contributed by atoms with Crippen LogP contribution in [0.1, 0.15) is 26.3 Å². The number of methoxy groups -OCH3 is 2. The summed E-state index contributed by atoms with van der Waals surface area (Å²) in [6, 6.07) is 9.66. The van der Waals surface area contributed by atoms with Crippen LogP contribution in [0.2, 0.25) is 0 Å². The number of ether oxygens (including phenoxy) is 2. The van der Waals surface area contributed by atoms with Crippen molar-refractivity contribution in [2.75, 3.05) is 14.2 Å². The van der Waals surface area contributed by atoms with Gasteiger partial charge in [-0.2, -0.15) is 9.97 Å². The first-order valence-corrected chi connectivity index (χ1v) is 8.02. The highest BCUT2D eigenvalue weighted by Gasteiger charge is 2.10. The molecule has 0 fully saturated rings. The fourth-order valence-corrected chi connectivity index (χ4v) is 2.53. The number of hydrogen-bond acceptors (Lipinski definition) is 6. The molecule has 0 bridgehead atoms. The third-order valence-electron chi connectivity index (χ3n) is 2.79. The lowest BCUT2D eigenvalue weighted by atomic mass is 10.1. The van der Waals surface area contributed by atoms with Crippen LogP contribution in [0.15, 0.2) is 45.4 Å². The summed E-state index contributed by atoms with van der Waals surface area (Å²) in [7, 11) is 3.14. The fraction of sp³-hybridized carbons (Fsp3) is 0.353. The molecule has 0 amide bonds. The van der Waals surface area contributed by atoms with E-state index in [1.807, 2.05) is 30.5 Å². The highest BCUT2D eigenvalue weighted by Crippen LogP contribution is 2.30. The van der Waals surface area contributed by atoms with Crippen LogP contribution < -0.4 is 9.47 Å². The summed E-state index contributed by atoms with van der Waals surface area (Å²) in [6.45, 7) is 6.19. The molecule has 0 N–H and O–H groups in total. The van der Waals surface area contributed by atoms with Gasteiger partial charge in [0.25, 0.3) is 0 Å². The smallest absolute Gasteiger partial charge is 0.220 e. The lowest BCUT2D eigenvalue weighted by Gasteiger charge is -2.12. The van der Waals surface area contributed by atoms with Gasteiger partial charge in [0.1, 0.15) is 0 Å². The Hall–Kier alpha value is -2.08. The molecule has 2 rings (SSSR count). The molecule has 1 heterocycles. The molecule has 1 aromatic carbocycles. The van der Waals surface area contributed by atoms with Gasteiger partial charge in [-0.1, -0.05) is 18.2 Å². The largest absolute Gasteiger partial charge is 0.481 e. The van der Waals surface area contributed by atoms with Gasteiger partial charge in [0.05, 0.1) is 25.8 Å². The Morgan fingerprint density at radius 2 is 1.65 bits per heavy atom. The standard InChI is InChI=1S/C17H21N3O2S/c1-17(2,3)18-11-12-8-6-7-9-13(12)23-16-19-14(21-4)10-15(20-16)22-5/h6-11H,1-5H3. The van der Waals surface area contributed by atoms with Crippen molar-refractivity contribution in [3.63, 3.8) is 0 Å². The van der Waals surface area contributed by atoms with Gasteiger partial charge in [-0.25, -0.2) is 0 Å². The van der Waals surface area contributed by atoms with Gasteiger partial charge in [0, 0.05) is 16.7 Å². The maximum Gasteiger partial charge on any atom is 0.220 e.